The zero-order valence-corrected chi connectivity index (χ0v) is 19.4. The van der Waals surface area contributed by atoms with Crippen LogP contribution in [0.1, 0.15) is 31.2 Å². The molecule has 0 aliphatic carbocycles. The molecule has 3 rings (SSSR count). The van der Waals surface area contributed by atoms with E-state index in [0.717, 1.165) is 25.2 Å². The number of amides is 2. The Morgan fingerprint density at radius 1 is 1.09 bits per heavy atom. The van der Waals surface area contributed by atoms with E-state index in [1.807, 2.05) is 0 Å². The van der Waals surface area contributed by atoms with Gasteiger partial charge in [0, 0.05) is 13.0 Å². The molecule has 9 heteroatoms. The van der Waals surface area contributed by atoms with Crippen LogP contribution in [0.15, 0.2) is 47.6 Å². The number of benzene rings is 2. The fourth-order valence-corrected chi connectivity index (χ4v) is 3.64. The predicted molar refractivity (Wildman–Crippen MR) is 129 cm³/mol. The lowest BCUT2D eigenvalue weighted by molar-refractivity contribution is -0.121. The van der Waals surface area contributed by atoms with Crippen LogP contribution in [0.3, 0.4) is 0 Å². The minimum absolute atomic E-state index is 0.117. The predicted octanol–water partition coefficient (Wildman–Crippen LogP) is 3.69. The zero-order valence-electron chi connectivity index (χ0n) is 18.7. The van der Waals surface area contributed by atoms with Gasteiger partial charge in [-0.05, 0) is 61.8 Å². The largest absolute Gasteiger partial charge is 0.493 e. The Labute approximate surface area is 198 Å². The molecule has 1 aliphatic rings. The maximum absolute atomic E-state index is 12.2. The van der Waals surface area contributed by atoms with E-state index in [0.29, 0.717) is 28.6 Å². The number of halogens is 1. The van der Waals surface area contributed by atoms with Crippen LogP contribution in [0, 0.1) is 0 Å². The van der Waals surface area contributed by atoms with Crippen molar-refractivity contribution in [3.8, 4) is 11.5 Å². The number of methoxy groups -OCH3 is 1. The molecule has 0 radical (unpaired) electrons. The quantitative estimate of drug-likeness (QED) is 0.406. The van der Waals surface area contributed by atoms with Crippen LogP contribution in [-0.2, 0) is 9.59 Å². The van der Waals surface area contributed by atoms with E-state index in [1.165, 1.54) is 32.6 Å². The van der Waals surface area contributed by atoms with Gasteiger partial charge in [0.05, 0.1) is 24.0 Å². The summed E-state index contributed by atoms with van der Waals surface area (Å²) < 4.78 is 10.9. The van der Waals surface area contributed by atoms with Gasteiger partial charge in [-0.25, -0.2) is 5.43 Å². The van der Waals surface area contributed by atoms with Crippen LogP contribution in [0.25, 0.3) is 0 Å². The summed E-state index contributed by atoms with van der Waals surface area (Å²) in [6.45, 7) is 2.67. The third kappa shape index (κ3) is 8.07. The van der Waals surface area contributed by atoms with Gasteiger partial charge in [0.25, 0.3) is 5.91 Å². The molecule has 176 valence electrons. The number of nitrogens with zero attached hydrogens (tertiary/aromatic N) is 2. The minimum atomic E-state index is -0.344. The van der Waals surface area contributed by atoms with Crippen molar-refractivity contribution in [2.75, 3.05) is 38.7 Å². The molecule has 0 saturated carbocycles. The molecule has 0 aromatic heterocycles. The van der Waals surface area contributed by atoms with Crippen LogP contribution in [0.5, 0.6) is 11.5 Å². The highest BCUT2D eigenvalue weighted by Crippen LogP contribution is 2.28. The molecular formula is C24H29ClN4O4. The van der Waals surface area contributed by atoms with Crippen LogP contribution in [0.4, 0.5) is 5.69 Å². The lowest BCUT2D eigenvalue weighted by atomic mass is 10.1. The Hall–Kier alpha value is -3.10. The average Bonchev–Trinajstić information content (AvgIpc) is 2.84. The normalized spacial score (nSPS) is 14.1. The topological polar surface area (TPSA) is 92.3 Å². The Morgan fingerprint density at radius 3 is 2.64 bits per heavy atom. The molecule has 2 N–H and O–H groups in total. The third-order valence-electron chi connectivity index (χ3n) is 5.20. The average molecular weight is 473 g/mol. The second-order valence-electron chi connectivity index (χ2n) is 7.67. The number of likely N-dealkylation sites (tertiary alicyclic amines) is 1. The Bertz CT molecular complexity index is 977. The molecule has 33 heavy (non-hydrogen) atoms. The molecule has 1 fully saturated rings. The zero-order chi connectivity index (χ0) is 23.5. The van der Waals surface area contributed by atoms with E-state index < -0.39 is 0 Å². The van der Waals surface area contributed by atoms with Gasteiger partial charge < -0.3 is 19.7 Å². The summed E-state index contributed by atoms with van der Waals surface area (Å²) >= 11 is 6.05. The number of hydrogen-bond acceptors (Lipinski definition) is 6. The van der Waals surface area contributed by atoms with Crippen molar-refractivity contribution in [1.82, 2.24) is 10.3 Å². The van der Waals surface area contributed by atoms with Gasteiger partial charge in [-0.1, -0.05) is 30.2 Å². The van der Waals surface area contributed by atoms with Crippen LogP contribution >= 0.6 is 11.6 Å². The first-order chi connectivity index (χ1) is 16.0. The van der Waals surface area contributed by atoms with Crippen molar-refractivity contribution in [2.45, 2.75) is 25.7 Å². The first-order valence-corrected chi connectivity index (χ1v) is 11.3. The number of para-hydroxylation sites is 1. The molecule has 8 nitrogen and oxygen atoms in total. The fourth-order valence-electron chi connectivity index (χ4n) is 3.45. The van der Waals surface area contributed by atoms with Crippen molar-refractivity contribution in [3.63, 3.8) is 0 Å². The highest BCUT2D eigenvalue weighted by molar-refractivity contribution is 6.33. The van der Waals surface area contributed by atoms with Crippen molar-refractivity contribution in [2.24, 2.45) is 5.10 Å². The van der Waals surface area contributed by atoms with Gasteiger partial charge in [-0.2, -0.15) is 5.10 Å². The molecule has 0 unspecified atom stereocenters. The number of carbonyl (C=O) groups is 2. The highest BCUT2D eigenvalue weighted by atomic mass is 35.5. The van der Waals surface area contributed by atoms with Gasteiger partial charge >= 0.3 is 0 Å². The molecule has 2 aromatic rings. The standard InChI is InChI=1S/C24H29ClN4O4/c1-32-22-15-18(16-26-28-23(30)11-14-29-12-5-2-6-13-29)9-10-21(22)33-17-24(31)27-20-8-4-3-7-19(20)25/h3-4,7-10,15-16H,2,5-6,11-14,17H2,1H3,(H,27,31)(H,28,30)/b26-16+. The van der Waals surface area contributed by atoms with E-state index in [9.17, 15) is 9.59 Å². The smallest absolute Gasteiger partial charge is 0.262 e. The summed E-state index contributed by atoms with van der Waals surface area (Å²) in [5, 5.41) is 7.17. The number of hydrogen-bond donors (Lipinski definition) is 2. The SMILES string of the molecule is COc1cc(/C=N/NC(=O)CCN2CCCCC2)ccc1OCC(=O)Nc1ccccc1Cl. The van der Waals surface area contributed by atoms with Gasteiger partial charge in [0.2, 0.25) is 5.91 Å². The van der Waals surface area contributed by atoms with Gasteiger partial charge in [-0.15, -0.1) is 0 Å². The van der Waals surface area contributed by atoms with Gasteiger partial charge in [-0.3, -0.25) is 9.59 Å². The number of ether oxygens (including phenoxy) is 2. The Kier molecular flexibility index (Phi) is 9.53. The number of hydrazone groups is 1. The first-order valence-electron chi connectivity index (χ1n) is 10.9. The van der Waals surface area contributed by atoms with Crippen molar-refractivity contribution >= 4 is 35.3 Å². The van der Waals surface area contributed by atoms with Crippen LogP contribution in [0.2, 0.25) is 5.02 Å². The molecule has 2 amide bonds. The van der Waals surface area contributed by atoms with E-state index in [2.05, 4.69) is 20.7 Å². The molecular weight excluding hydrogens is 444 g/mol. The van der Waals surface area contributed by atoms with Crippen molar-refractivity contribution in [3.05, 3.63) is 53.1 Å². The second kappa shape index (κ2) is 12.8. The van der Waals surface area contributed by atoms with Gasteiger partial charge in [0.1, 0.15) is 0 Å². The van der Waals surface area contributed by atoms with Gasteiger partial charge in [0.15, 0.2) is 18.1 Å². The number of nitrogens with one attached hydrogen (secondary N) is 2. The van der Waals surface area contributed by atoms with Crippen LogP contribution in [-0.4, -0.2) is 56.3 Å². The summed E-state index contributed by atoms with van der Waals surface area (Å²) in [5.41, 5.74) is 3.80. The molecule has 0 bridgehead atoms. The molecule has 0 atom stereocenters. The van der Waals surface area contributed by atoms with E-state index in [-0.39, 0.29) is 18.4 Å². The lowest BCUT2D eigenvalue weighted by Crippen LogP contribution is -2.33. The van der Waals surface area contributed by atoms with E-state index in [4.69, 9.17) is 21.1 Å². The number of anilines is 1. The second-order valence-corrected chi connectivity index (χ2v) is 8.08. The lowest BCUT2D eigenvalue weighted by Gasteiger charge is -2.25. The Balaban J connectivity index is 1.46. The number of piperidine rings is 1. The summed E-state index contributed by atoms with van der Waals surface area (Å²) in [6.07, 6.45) is 5.63. The first kappa shape index (κ1) is 24.5. The highest BCUT2D eigenvalue weighted by Gasteiger charge is 2.12. The summed E-state index contributed by atoms with van der Waals surface area (Å²) in [6, 6.07) is 12.1. The molecule has 1 saturated heterocycles. The summed E-state index contributed by atoms with van der Waals surface area (Å²) in [4.78, 5) is 26.5. The molecule has 1 aliphatic heterocycles. The van der Waals surface area contributed by atoms with Crippen molar-refractivity contribution < 1.29 is 19.1 Å². The fraction of sp³-hybridized carbons (Fsp3) is 0.375. The maximum atomic E-state index is 12.2. The summed E-state index contributed by atoms with van der Waals surface area (Å²) in [5.74, 6) is 0.395. The van der Waals surface area contributed by atoms with E-state index >= 15 is 0 Å². The monoisotopic (exact) mass is 472 g/mol. The maximum Gasteiger partial charge on any atom is 0.262 e. The van der Waals surface area contributed by atoms with Crippen LogP contribution < -0.4 is 20.2 Å². The molecule has 2 aromatic carbocycles. The number of rotatable bonds is 10. The third-order valence-corrected chi connectivity index (χ3v) is 5.53. The van der Waals surface area contributed by atoms with E-state index in [1.54, 1.807) is 42.5 Å². The molecule has 0 spiro atoms. The Morgan fingerprint density at radius 2 is 1.88 bits per heavy atom. The molecule has 1 heterocycles. The van der Waals surface area contributed by atoms with Crippen molar-refractivity contribution in [1.29, 1.82) is 0 Å². The summed E-state index contributed by atoms with van der Waals surface area (Å²) in [7, 11) is 1.51. The minimum Gasteiger partial charge on any atom is -0.493 e. The number of carbonyl (C=O) groups excluding carboxylic acids is 2.